The van der Waals surface area contributed by atoms with Crippen molar-refractivity contribution in [2.45, 2.75) is 6.18 Å². The molecule has 0 bridgehead atoms. The Labute approximate surface area is 143 Å². The van der Waals surface area contributed by atoms with Gasteiger partial charge in [-0.05, 0) is 12.1 Å². The highest BCUT2D eigenvalue weighted by molar-refractivity contribution is 6.39. The van der Waals surface area contributed by atoms with Crippen LogP contribution in [0.5, 0.6) is 17.2 Å². The first-order valence-electron chi connectivity index (χ1n) is 6.20. The smallest absolute Gasteiger partial charge is 0.416 e. The van der Waals surface area contributed by atoms with E-state index in [0.29, 0.717) is 12.1 Å². The Balaban J connectivity index is 2.27. The number of nitrogens with zero attached hydrogens (tertiary/aromatic N) is 1. The molecule has 0 heterocycles. The number of hydrazone groups is 1. The van der Waals surface area contributed by atoms with Crippen LogP contribution in [-0.4, -0.2) is 21.5 Å². The van der Waals surface area contributed by atoms with Crippen LogP contribution in [0.4, 0.5) is 18.9 Å². The van der Waals surface area contributed by atoms with Gasteiger partial charge in [-0.25, -0.2) is 0 Å². The molecule has 4 N–H and O–H groups in total. The molecule has 0 aliphatic carbocycles. The summed E-state index contributed by atoms with van der Waals surface area (Å²) in [6, 6.07) is 3.31. The van der Waals surface area contributed by atoms with Crippen molar-refractivity contribution in [2.24, 2.45) is 5.10 Å². The lowest BCUT2D eigenvalue weighted by atomic mass is 10.2. The van der Waals surface area contributed by atoms with Crippen molar-refractivity contribution < 1.29 is 28.5 Å². The first-order chi connectivity index (χ1) is 11.1. The fraction of sp³-hybridized carbons (Fsp3) is 0.0714. The molecule has 24 heavy (non-hydrogen) atoms. The Morgan fingerprint density at radius 3 is 1.92 bits per heavy atom. The van der Waals surface area contributed by atoms with Crippen molar-refractivity contribution in [3.05, 3.63) is 45.4 Å². The maximum absolute atomic E-state index is 12.6. The fourth-order valence-electron chi connectivity index (χ4n) is 1.75. The van der Waals surface area contributed by atoms with E-state index in [9.17, 15) is 28.5 Å². The number of hydrogen-bond donors (Lipinski definition) is 4. The maximum atomic E-state index is 12.6. The van der Waals surface area contributed by atoms with E-state index in [1.807, 2.05) is 0 Å². The van der Waals surface area contributed by atoms with Crippen LogP contribution in [0.1, 0.15) is 11.1 Å². The normalized spacial score (nSPS) is 11.9. The number of phenolic OH excluding ortho intramolecular Hbond substituents is 3. The lowest BCUT2D eigenvalue weighted by Gasteiger charge is -2.11. The zero-order valence-corrected chi connectivity index (χ0v) is 13.1. The molecule has 0 amide bonds. The second-order valence-electron chi connectivity index (χ2n) is 4.58. The maximum Gasteiger partial charge on any atom is 0.416 e. The van der Waals surface area contributed by atoms with Gasteiger partial charge in [0.1, 0.15) is 17.2 Å². The van der Waals surface area contributed by atoms with E-state index in [2.05, 4.69) is 10.5 Å². The summed E-state index contributed by atoms with van der Waals surface area (Å²) >= 11 is 11.5. The molecule has 128 valence electrons. The van der Waals surface area contributed by atoms with Crippen molar-refractivity contribution in [3.63, 3.8) is 0 Å². The molecule has 0 aromatic heterocycles. The molecular weight excluding hydrogens is 372 g/mol. The van der Waals surface area contributed by atoms with Gasteiger partial charge in [-0.1, -0.05) is 23.2 Å². The van der Waals surface area contributed by atoms with Crippen molar-refractivity contribution in [2.75, 3.05) is 5.43 Å². The van der Waals surface area contributed by atoms with E-state index in [4.69, 9.17) is 23.2 Å². The number of nitrogens with one attached hydrogen (secondary N) is 1. The van der Waals surface area contributed by atoms with Crippen LogP contribution in [-0.2, 0) is 6.18 Å². The van der Waals surface area contributed by atoms with Crippen LogP contribution in [0.15, 0.2) is 29.4 Å². The zero-order chi connectivity index (χ0) is 18.1. The molecule has 0 saturated carbocycles. The summed E-state index contributed by atoms with van der Waals surface area (Å²) in [6.07, 6.45) is -3.62. The van der Waals surface area contributed by atoms with E-state index in [-0.39, 0.29) is 27.0 Å². The number of hydrogen-bond acceptors (Lipinski definition) is 5. The SMILES string of the molecule is Oc1cc(O)c(C=NNc2c(Cl)cc(C(F)(F)F)cc2Cl)c(O)c1. The van der Waals surface area contributed by atoms with Gasteiger partial charge in [0.2, 0.25) is 0 Å². The highest BCUT2D eigenvalue weighted by Gasteiger charge is 2.32. The minimum Gasteiger partial charge on any atom is -0.508 e. The summed E-state index contributed by atoms with van der Waals surface area (Å²) < 4.78 is 37.9. The minimum atomic E-state index is -4.60. The number of benzene rings is 2. The molecule has 0 atom stereocenters. The summed E-state index contributed by atoms with van der Waals surface area (Å²) in [6.45, 7) is 0. The fourth-order valence-corrected chi connectivity index (χ4v) is 2.32. The predicted molar refractivity (Wildman–Crippen MR) is 84.1 cm³/mol. The summed E-state index contributed by atoms with van der Waals surface area (Å²) in [4.78, 5) is 0. The number of rotatable bonds is 3. The van der Waals surface area contributed by atoms with Crippen LogP contribution in [0, 0.1) is 0 Å². The second-order valence-corrected chi connectivity index (χ2v) is 5.39. The third-order valence-corrected chi connectivity index (χ3v) is 3.46. The van der Waals surface area contributed by atoms with E-state index in [1.165, 1.54) is 0 Å². The quantitative estimate of drug-likeness (QED) is 0.463. The van der Waals surface area contributed by atoms with Crippen molar-refractivity contribution in [3.8, 4) is 17.2 Å². The molecule has 0 unspecified atom stereocenters. The van der Waals surface area contributed by atoms with Gasteiger partial charge in [0.25, 0.3) is 0 Å². The van der Waals surface area contributed by atoms with E-state index < -0.39 is 23.2 Å². The number of anilines is 1. The molecule has 10 heteroatoms. The first kappa shape index (κ1) is 18.0. The van der Waals surface area contributed by atoms with Crippen LogP contribution >= 0.6 is 23.2 Å². The Hall–Kier alpha value is -2.32. The standard InChI is InChI=1S/C14H9Cl2F3N2O3/c15-9-1-6(14(17,18)19)2-10(16)13(9)21-20-5-8-11(23)3-7(22)4-12(8)24/h1-5,21-24H. The van der Waals surface area contributed by atoms with Gasteiger partial charge in [-0.2, -0.15) is 18.3 Å². The van der Waals surface area contributed by atoms with E-state index >= 15 is 0 Å². The molecule has 0 radical (unpaired) electrons. The summed E-state index contributed by atoms with van der Waals surface area (Å²) in [5.41, 5.74) is 1.11. The molecule has 0 fully saturated rings. The number of aromatic hydroxyl groups is 3. The number of phenols is 3. The van der Waals surface area contributed by atoms with Crippen molar-refractivity contribution in [1.29, 1.82) is 0 Å². The summed E-state index contributed by atoms with van der Waals surface area (Å²) in [5.74, 6) is -1.27. The van der Waals surface area contributed by atoms with Crippen molar-refractivity contribution >= 4 is 35.1 Å². The molecule has 0 saturated heterocycles. The Morgan fingerprint density at radius 2 is 1.46 bits per heavy atom. The molecular formula is C14H9Cl2F3N2O3. The Kier molecular flexibility index (Phi) is 5.00. The van der Waals surface area contributed by atoms with Crippen LogP contribution < -0.4 is 5.43 Å². The number of alkyl halides is 3. The lowest BCUT2D eigenvalue weighted by Crippen LogP contribution is -2.05. The summed E-state index contributed by atoms with van der Waals surface area (Å²) in [7, 11) is 0. The summed E-state index contributed by atoms with van der Waals surface area (Å²) in [5, 5.41) is 31.4. The van der Waals surface area contributed by atoms with Crippen LogP contribution in [0.25, 0.3) is 0 Å². The monoisotopic (exact) mass is 380 g/mol. The predicted octanol–water partition coefficient (Wildman–Crippen LogP) is 4.58. The highest BCUT2D eigenvalue weighted by atomic mass is 35.5. The third-order valence-electron chi connectivity index (χ3n) is 2.86. The molecule has 2 rings (SSSR count). The average Bonchev–Trinajstić information content (AvgIpc) is 2.42. The Bertz CT molecular complexity index is 764. The highest BCUT2D eigenvalue weighted by Crippen LogP contribution is 2.38. The van der Waals surface area contributed by atoms with Crippen LogP contribution in [0.2, 0.25) is 10.0 Å². The van der Waals surface area contributed by atoms with Crippen molar-refractivity contribution in [1.82, 2.24) is 0 Å². The lowest BCUT2D eigenvalue weighted by molar-refractivity contribution is -0.137. The van der Waals surface area contributed by atoms with E-state index in [1.54, 1.807) is 0 Å². The largest absolute Gasteiger partial charge is 0.508 e. The molecule has 0 spiro atoms. The molecule has 2 aromatic rings. The third kappa shape index (κ3) is 3.95. The topological polar surface area (TPSA) is 85.1 Å². The molecule has 0 aliphatic heterocycles. The zero-order valence-electron chi connectivity index (χ0n) is 11.6. The Morgan fingerprint density at radius 1 is 0.958 bits per heavy atom. The van der Waals surface area contributed by atoms with Gasteiger partial charge < -0.3 is 15.3 Å². The van der Waals surface area contributed by atoms with Gasteiger partial charge in [0.15, 0.2) is 0 Å². The van der Waals surface area contributed by atoms with E-state index in [0.717, 1.165) is 18.3 Å². The van der Waals surface area contributed by atoms with Gasteiger partial charge in [0.05, 0.1) is 33.1 Å². The second kappa shape index (κ2) is 6.66. The van der Waals surface area contributed by atoms with Crippen LogP contribution in [0.3, 0.4) is 0 Å². The molecule has 5 nitrogen and oxygen atoms in total. The first-order valence-corrected chi connectivity index (χ1v) is 6.95. The van der Waals surface area contributed by atoms with Gasteiger partial charge in [-0.15, -0.1) is 0 Å². The van der Waals surface area contributed by atoms with Gasteiger partial charge >= 0.3 is 6.18 Å². The number of halogens is 5. The average molecular weight is 381 g/mol. The molecule has 2 aromatic carbocycles. The van der Waals surface area contributed by atoms with Gasteiger partial charge in [0, 0.05) is 12.1 Å². The van der Waals surface area contributed by atoms with Gasteiger partial charge in [-0.3, -0.25) is 5.43 Å². The minimum absolute atomic E-state index is 0.0830. The molecule has 0 aliphatic rings.